The van der Waals surface area contributed by atoms with Crippen molar-refractivity contribution in [2.45, 2.75) is 24.3 Å². The highest BCUT2D eigenvalue weighted by Gasteiger charge is 2.35. The number of alkyl halides is 3. The zero-order chi connectivity index (χ0) is 23.4. The molecular formula is C20H15F3N6O2S2. The van der Waals surface area contributed by atoms with Crippen LogP contribution in [-0.2, 0) is 23.9 Å². The summed E-state index contributed by atoms with van der Waals surface area (Å²) in [6.45, 7) is 0.317. The molecule has 1 N–H and O–H groups in total. The molecule has 0 spiro atoms. The normalized spacial score (nSPS) is 11.6. The molecule has 0 fully saturated rings. The first kappa shape index (κ1) is 22.9. The van der Waals surface area contributed by atoms with Gasteiger partial charge < -0.3 is 0 Å². The molecule has 0 atom stereocenters. The molecule has 0 unspecified atom stereocenters. The maximum absolute atomic E-state index is 13.0. The monoisotopic (exact) mass is 492 g/mol. The average molecular weight is 493 g/mol. The molecule has 0 saturated carbocycles. The lowest BCUT2D eigenvalue weighted by atomic mass is 10.1. The summed E-state index contributed by atoms with van der Waals surface area (Å²) in [4.78, 5) is 33.9. The van der Waals surface area contributed by atoms with Gasteiger partial charge in [-0.1, -0.05) is 53.4 Å². The Labute approximate surface area is 192 Å². The smallest absolute Gasteiger partial charge is 0.300 e. The number of aromatic nitrogens is 5. The zero-order valence-corrected chi connectivity index (χ0v) is 18.4. The van der Waals surface area contributed by atoms with E-state index < -0.39 is 17.1 Å². The molecule has 4 rings (SSSR count). The molecule has 8 nitrogen and oxygen atoms in total. The van der Waals surface area contributed by atoms with Gasteiger partial charge in [0.05, 0.1) is 11.3 Å². The molecule has 1 aromatic carbocycles. The van der Waals surface area contributed by atoms with Crippen LogP contribution in [0.15, 0.2) is 58.6 Å². The second-order valence-corrected chi connectivity index (χ2v) is 8.62. The number of aryl methyl sites for hydroxylation is 1. The van der Waals surface area contributed by atoms with Crippen LogP contribution in [-0.4, -0.2) is 36.4 Å². The van der Waals surface area contributed by atoms with Crippen molar-refractivity contribution in [3.63, 3.8) is 0 Å². The van der Waals surface area contributed by atoms with Crippen LogP contribution in [0.2, 0.25) is 0 Å². The summed E-state index contributed by atoms with van der Waals surface area (Å²) in [5.74, 6) is -0.787. The minimum atomic E-state index is -4.63. The zero-order valence-electron chi connectivity index (χ0n) is 16.7. The topological polar surface area (TPSA) is 103 Å². The summed E-state index contributed by atoms with van der Waals surface area (Å²) in [7, 11) is 0. The molecule has 0 aliphatic carbocycles. The number of amides is 1. The first-order valence-corrected chi connectivity index (χ1v) is 11.3. The third-order valence-corrected chi connectivity index (χ3v) is 6.25. The van der Waals surface area contributed by atoms with E-state index >= 15 is 0 Å². The molecule has 0 bridgehead atoms. The number of fused-ring (bicyclic) bond motifs is 1. The fourth-order valence-corrected chi connectivity index (χ4v) is 4.35. The van der Waals surface area contributed by atoms with Crippen LogP contribution in [0.3, 0.4) is 0 Å². The first-order valence-electron chi connectivity index (χ1n) is 9.54. The van der Waals surface area contributed by atoms with Crippen LogP contribution in [0, 0.1) is 0 Å². The molecule has 0 aliphatic rings. The number of halogens is 3. The van der Waals surface area contributed by atoms with Gasteiger partial charge in [-0.05, 0) is 24.1 Å². The summed E-state index contributed by atoms with van der Waals surface area (Å²) in [6, 6.07) is 12.9. The number of nitrogens with zero attached hydrogens (tertiary/aromatic N) is 5. The Bertz CT molecular complexity index is 1340. The van der Waals surface area contributed by atoms with Gasteiger partial charge in [0.25, 0.3) is 5.56 Å². The van der Waals surface area contributed by atoms with E-state index in [-0.39, 0.29) is 33.3 Å². The summed E-state index contributed by atoms with van der Waals surface area (Å²) >= 11 is 1.23. The molecule has 4 aromatic rings. The summed E-state index contributed by atoms with van der Waals surface area (Å²) in [5, 5.41) is 7.56. The highest BCUT2D eigenvalue weighted by molar-refractivity contribution is 7.99. The maximum atomic E-state index is 13.0. The molecule has 3 aromatic heterocycles. The molecular weight excluding hydrogens is 477 g/mol. The number of rotatable bonds is 7. The Kier molecular flexibility index (Phi) is 6.70. The molecule has 1 amide bonds. The van der Waals surface area contributed by atoms with E-state index in [1.165, 1.54) is 10.8 Å². The Hall–Kier alpha value is -3.32. The number of hydrogen-bond donors (Lipinski definition) is 1. The number of carbonyl (C=O) groups is 1. The summed E-state index contributed by atoms with van der Waals surface area (Å²) in [6.07, 6.45) is -2.57. The predicted octanol–water partition coefficient (Wildman–Crippen LogP) is 3.64. The van der Waals surface area contributed by atoms with Crippen molar-refractivity contribution >= 4 is 45.2 Å². The molecule has 0 aliphatic heterocycles. The number of anilines is 1. The van der Waals surface area contributed by atoms with E-state index in [4.69, 9.17) is 0 Å². The van der Waals surface area contributed by atoms with Crippen molar-refractivity contribution in [3.05, 3.63) is 69.6 Å². The van der Waals surface area contributed by atoms with Gasteiger partial charge >= 0.3 is 6.18 Å². The molecule has 170 valence electrons. The van der Waals surface area contributed by atoms with Gasteiger partial charge in [0.2, 0.25) is 16.0 Å². The lowest BCUT2D eigenvalue weighted by molar-refractivity contribution is -0.138. The number of benzene rings is 1. The second kappa shape index (κ2) is 9.67. The Morgan fingerprint density at radius 3 is 2.64 bits per heavy atom. The van der Waals surface area contributed by atoms with Crippen LogP contribution in [0.25, 0.3) is 11.0 Å². The molecule has 0 saturated heterocycles. The van der Waals surface area contributed by atoms with Crippen molar-refractivity contribution in [1.82, 2.24) is 24.7 Å². The van der Waals surface area contributed by atoms with Gasteiger partial charge in [0.15, 0.2) is 10.7 Å². The molecule has 0 radical (unpaired) electrons. The van der Waals surface area contributed by atoms with Gasteiger partial charge in [0, 0.05) is 12.7 Å². The number of thioether (sulfide) groups is 1. The lowest BCUT2D eigenvalue weighted by Gasteiger charge is -2.12. The SMILES string of the molecule is O=C(CSc1nc2cccnc2c(=O)n1CCc1ccccc1)Nc1nnc(C(F)(F)F)s1. The third-order valence-electron chi connectivity index (χ3n) is 4.39. The Morgan fingerprint density at radius 1 is 1.12 bits per heavy atom. The number of hydrogen-bond acceptors (Lipinski definition) is 8. The average Bonchev–Trinajstić information content (AvgIpc) is 3.27. The lowest BCUT2D eigenvalue weighted by Crippen LogP contribution is -2.25. The van der Waals surface area contributed by atoms with Crippen molar-refractivity contribution in [1.29, 1.82) is 0 Å². The minimum Gasteiger partial charge on any atom is -0.300 e. The minimum absolute atomic E-state index is 0.190. The van der Waals surface area contributed by atoms with Crippen LogP contribution < -0.4 is 10.9 Å². The molecule has 3 heterocycles. The number of nitrogens with one attached hydrogen (secondary N) is 1. The Balaban J connectivity index is 1.52. The van der Waals surface area contributed by atoms with Crippen molar-refractivity contribution in [2.75, 3.05) is 11.1 Å². The first-order chi connectivity index (χ1) is 15.8. The van der Waals surface area contributed by atoms with E-state index in [1.54, 1.807) is 12.1 Å². The third kappa shape index (κ3) is 5.54. The van der Waals surface area contributed by atoms with E-state index in [2.05, 4.69) is 25.5 Å². The highest BCUT2D eigenvalue weighted by Crippen LogP contribution is 2.33. The summed E-state index contributed by atoms with van der Waals surface area (Å²) in [5.41, 5.74) is 1.29. The van der Waals surface area contributed by atoms with Crippen LogP contribution in [0.4, 0.5) is 18.3 Å². The predicted molar refractivity (Wildman–Crippen MR) is 118 cm³/mol. The Morgan fingerprint density at radius 2 is 1.91 bits per heavy atom. The van der Waals surface area contributed by atoms with E-state index in [9.17, 15) is 22.8 Å². The van der Waals surface area contributed by atoms with Crippen molar-refractivity contribution in [2.24, 2.45) is 0 Å². The van der Waals surface area contributed by atoms with Gasteiger partial charge in [-0.2, -0.15) is 13.2 Å². The van der Waals surface area contributed by atoms with E-state index in [0.29, 0.717) is 23.6 Å². The van der Waals surface area contributed by atoms with Crippen LogP contribution in [0.5, 0.6) is 0 Å². The van der Waals surface area contributed by atoms with Gasteiger partial charge in [0.1, 0.15) is 0 Å². The van der Waals surface area contributed by atoms with E-state index in [0.717, 1.165) is 17.3 Å². The van der Waals surface area contributed by atoms with Crippen molar-refractivity contribution < 1.29 is 18.0 Å². The molecule has 33 heavy (non-hydrogen) atoms. The maximum Gasteiger partial charge on any atom is 0.445 e. The standard InChI is InChI=1S/C20H15F3N6O2S2/c21-20(22,23)17-27-28-18(33-17)26-14(30)11-32-19-25-13-7-4-9-24-15(13)16(31)29(19)10-8-12-5-2-1-3-6-12/h1-7,9H,8,10-11H2,(H,26,28,30). The van der Waals surface area contributed by atoms with Gasteiger partial charge in [-0.15, -0.1) is 10.2 Å². The second-order valence-electron chi connectivity index (χ2n) is 6.70. The van der Waals surface area contributed by atoms with Crippen LogP contribution >= 0.6 is 23.1 Å². The largest absolute Gasteiger partial charge is 0.445 e. The van der Waals surface area contributed by atoms with Crippen molar-refractivity contribution in [3.8, 4) is 0 Å². The van der Waals surface area contributed by atoms with E-state index in [1.807, 2.05) is 30.3 Å². The van der Waals surface area contributed by atoms with Crippen LogP contribution in [0.1, 0.15) is 10.6 Å². The highest BCUT2D eigenvalue weighted by atomic mass is 32.2. The fraction of sp³-hybridized carbons (Fsp3) is 0.200. The quantitative estimate of drug-likeness (QED) is 0.310. The number of pyridine rings is 1. The summed E-state index contributed by atoms with van der Waals surface area (Å²) < 4.78 is 39.4. The van der Waals surface area contributed by atoms with Gasteiger partial charge in [-0.25, -0.2) is 9.97 Å². The van der Waals surface area contributed by atoms with Gasteiger partial charge in [-0.3, -0.25) is 19.5 Å². The fourth-order valence-electron chi connectivity index (χ4n) is 2.90. The molecule has 13 heteroatoms. The number of carbonyl (C=O) groups excluding carboxylic acids is 1.